The van der Waals surface area contributed by atoms with E-state index >= 15 is 0 Å². The first-order chi connectivity index (χ1) is 10.5. The molecule has 1 saturated heterocycles. The van der Waals surface area contributed by atoms with E-state index in [-0.39, 0.29) is 24.0 Å². The smallest absolute Gasteiger partial charge is 0.191 e. The SMILES string of the molecule is CN=C(NCC1CCCN(C)C1)NCC1(CC(C)C)CCC1.I. The zero-order valence-electron chi connectivity index (χ0n) is 15.5. The van der Waals surface area contributed by atoms with E-state index in [1.165, 1.54) is 51.6 Å². The number of guanidine groups is 1. The highest BCUT2D eigenvalue weighted by molar-refractivity contribution is 14.0. The van der Waals surface area contributed by atoms with Crippen LogP contribution in [0.1, 0.15) is 52.4 Å². The molecule has 1 unspecified atom stereocenters. The maximum absolute atomic E-state index is 4.41. The second-order valence-corrected chi connectivity index (χ2v) is 8.03. The van der Waals surface area contributed by atoms with Gasteiger partial charge in [-0.2, -0.15) is 0 Å². The average molecular weight is 436 g/mol. The van der Waals surface area contributed by atoms with Crippen LogP contribution in [0.5, 0.6) is 0 Å². The van der Waals surface area contributed by atoms with Gasteiger partial charge in [-0.25, -0.2) is 0 Å². The molecule has 23 heavy (non-hydrogen) atoms. The summed E-state index contributed by atoms with van der Waals surface area (Å²) in [5, 5.41) is 7.14. The zero-order chi connectivity index (χ0) is 16.0. The number of likely N-dealkylation sites (tertiary alicyclic amines) is 1. The van der Waals surface area contributed by atoms with Gasteiger partial charge in [0.15, 0.2) is 5.96 Å². The van der Waals surface area contributed by atoms with Crippen LogP contribution in [-0.4, -0.2) is 51.1 Å². The van der Waals surface area contributed by atoms with Crippen LogP contribution < -0.4 is 10.6 Å². The van der Waals surface area contributed by atoms with Gasteiger partial charge in [0.2, 0.25) is 0 Å². The summed E-state index contributed by atoms with van der Waals surface area (Å²) in [4.78, 5) is 6.86. The molecule has 0 amide bonds. The first-order valence-electron chi connectivity index (χ1n) is 9.16. The van der Waals surface area contributed by atoms with Crippen LogP contribution in [-0.2, 0) is 0 Å². The van der Waals surface area contributed by atoms with Crippen molar-refractivity contribution in [3.63, 3.8) is 0 Å². The van der Waals surface area contributed by atoms with Crippen LogP contribution >= 0.6 is 24.0 Å². The quantitative estimate of drug-likeness (QED) is 0.381. The van der Waals surface area contributed by atoms with Gasteiger partial charge in [0, 0.05) is 26.7 Å². The highest BCUT2D eigenvalue weighted by Crippen LogP contribution is 2.45. The minimum atomic E-state index is 0. The van der Waals surface area contributed by atoms with Crippen molar-refractivity contribution in [1.82, 2.24) is 15.5 Å². The van der Waals surface area contributed by atoms with E-state index in [9.17, 15) is 0 Å². The summed E-state index contributed by atoms with van der Waals surface area (Å²) in [5.74, 6) is 2.53. The standard InChI is InChI=1S/C18H36N4.HI/c1-15(2)11-18(8-6-9-18)14-21-17(19-3)20-12-16-7-5-10-22(4)13-16;/h15-16H,5-14H2,1-4H3,(H2,19,20,21);1H. The van der Waals surface area contributed by atoms with Gasteiger partial charge in [-0.15, -0.1) is 24.0 Å². The Morgan fingerprint density at radius 3 is 2.52 bits per heavy atom. The second-order valence-electron chi connectivity index (χ2n) is 8.03. The second kappa shape index (κ2) is 10.1. The molecule has 1 atom stereocenters. The van der Waals surface area contributed by atoms with Crippen LogP contribution in [0.15, 0.2) is 4.99 Å². The van der Waals surface area contributed by atoms with Gasteiger partial charge in [0.05, 0.1) is 0 Å². The molecule has 0 aromatic carbocycles. The largest absolute Gasteiger partial charge is 0.356 e. The molecule has 2 fully saturated rings. The third kappa shape index (κ3) is 6.77. The topological polar surface area (TPSA) is 39.7 Å². The predicted molar refractivity (Wildman–Crippen MR) is 111 cm³/mol. The van der Waals surface area contributed by atoms with Gasteiger partial charge in [0.25, 0.3) is 0 Å². The Bertz CT molecular complexity index is 366. The molecular formula is C18H37IN4. The van der Waals surface area contributed by atoms with Crippen molar-refractivity contribution in [3.8, 4) is 0 Å². The normalized spacial score (nSPS) is 24.7. The lowest BCUT2D eigenvalue weighted by Crippen LogP contribution is -2.48. The van der Waals surface area contributed by atoms with Crippen molar-refractivity contribution >= 4 is 29.9 Å². The molecule has 0 aromatic heterocycles. The number of nitrogens with one attached hydrogen (secondary N) is 2. The van der Waals surface area contributed by atoms with Crippen molar-refractivity contribution in [2.75, 3.05) is 40.3 Å². The molecule has 1 aliphatic heterocycles. The van der Waals surface area contributed by atoms with Crippen molar-refractivity contribution in [3.05, 3.63) is 0 Å². The molecule has 5 heteroatoms. The van der Waals surface area contributed by atoms with Crippen molar-refractivity contribution in [1.29, 1.82) is 0 Å². The molecule has 2 N–H and O–H groups in total. The van der Waals surface area contributed by atoms with Crippen molar-refractivity contribution < 1.29 is 0 Å². The first-order valence-corrected chi connectivity index (χ1v) is 9.16. The summed E-state index contributed by atoms with van der Waals surface area (Å²) < 4.78 is 0. The monoisotopic (exact) mass is 436 g/mol. The van der Waals surface area contributed by atoms with Gasteiger partial charge < -0.3 is 15.5 Å². The Kier molecular flexibility index (Phi) is 9.19. The Balaban J connectivity index is 0.00000264. The van der Waals surface area contributed by atoms with Gasteiger partial charge in [-0.05, 0) is 62.9 Å². The third-order valence-electron chi connectivity index (χ3n) is 5.39. The molecule has 2 rings (SSSR count). The summed E-state index contributed by atoms with van der Waals surface area (Å²) >= 11 is 0. The molecule has 4 nitrogen and oxygen atoms in total. The van der Waals surface area contributed by atoms with Crippen LogP contribution in [0, 0.1) is 17.3 Å². The van der Waals surface area contributed by atoms with Gasteiger partial charge in [0.1, 0.15) is 0 Å². The van der Waals surface area contributed by atoms with Crippen molar-refractivity contribution in [2.45, 2.75) is 52.4 Å². The molecule has 136 valence electrons. The van der Waals surface area contributed by atoms with Crippen molar-refractivity contribution in [2.24, 2.45) is 22.2 Å². The van der Waals surface area contributed by atoms with Gasteiger partial charge in [-0.3, -0.25) is 4.99 Å². The predicted octanol–water partition coefficient (Wildman–Crippen LogP) is 3.33. The maximum Gasteiger partial charge on any atom is 0.191 e. The van der Waals surface area contributed by atoms with E-state index in [2.05, 4.69) is 41.4 Å². The number of hydrogen-bond acceptors (Lipinski definition) is 2. The first kappa shape index (κ1) is 21.0. The highest BCUT2D eigenvalue weighted by Gasteiger charge is 2.37. The fraction of sp³-hybridized carbons (Fsp3) is 0.944. The van der Waals surface area contributed by atoms with Crippen LogP contribution in [0.2, 0.25) is 0 Å². The van der Waals surface area contributed by atoms with Crippen LogP contribution in [0.4, 0.5) is 0 Å². The molecule has 0 spiro atoms. The number of hydrogen-bond donors (Lipinski definition) is 2. The zero-order valence-corrected chi connectivity index (χ0v) is 17.9. The molecule has 1 aliphatic carbocycles. The Morgan fingerprint density at radius 1 is 1.26 bits per heavy atom. The van der Waals surface area contributed by atoms with Crippen LogP contribution in [0.3, 0.4) is 0 Å². The van der Waals surface area contributed by atoms with E-state index in [0.717, 1.165) is 30.9 Å². The summed E-state index contributed by atoms with van der Waals surface area (Å²) in [6.07, 6.45) is 8.16. The minimum absolute atomic E-state index is 0. The van der Waals surface area contributed by atoms with E-state index in [4.69, 9.17) is 0 Å². The number of halogens is 1. The fourth-order valence-corrected chi connectivity index (χ4v) is 4.17. The molecule has 1 saturated carbocycles. The van der Waals surface area contributed by atoms with Crippen LogP contribution in [0.25, 0.3) is 0 Å². The lowest BCUT2D eigenvalue weighted by atomic mass is 9.64. The number of rotatable bonds is 6. The number of piperidine rings is 1. The summed E-state index contributed by atoms with van der Waals surface area (Å²) in [7, 11) is 4.11. The maximum atomic E-state index is 4.41. The van der Waals surface area contributed by atoms with E-state index in [1.807, 2.05) is 7.05 Å². The lowest BCUT2D eigenvalue weighted by Gasteiger charge is -2.43. The van der Waals surface area contributed by atoms with E-state index in [0.29, 0.717) is 5.41 Å². The average Bonchev–Trinajstić information content (AvgIpc) is 2.44. The molecule has 0 bridgehead atoms. The Morgan fingerprint density at radius 2 is 2.00 bits per heavy atom. The molecule has 0 aromatic rings. The van der Waals surface area contributed by atoms with Gasteiger partial charge >= 0.3 is 0 Å². The summed E-state index contributed by atoms with van der Waals surface area (Å²) in [6.45, 7) is 9.26. The number of aliphatic imine (C=N–C) groups is 1. The third-order valence-corrected chi connectivity index (χ3v) is 5.39. The molecule has 0 radical (unpaired) electrons. The minimum Gasteiger partial charge on any atom is -0.356 e. The molecular weight excluding hydrogens is 399 g/mol. The Labute approximate surface area is 160 Å². The summed E-state index contributed by atoms with van der Waals surface area (Å²) in [6, 6.07) is 0. The molecule has 2 aliphatic rings. The lowest BCUT2D eigenvalue weighted by molar-refractivity contribution is 0.104. The molecule has 1 heterocycles. The number of nitrogens with zero attached hydrogens (tertiary/aromatic N) is 2. The Hall–Kier alpha value is -0.0400. The van der Waals surface area contributed by atoms with Gasteiger partial charge in [-0.1, -0.05) is 20.3 Å². The van der Waals surface area contributed by atoms with E-state index in [1.54, 1.807) is 0 Å². The van der Waals surface area contributed by atoms with E-state index < -0.39 is 0 Å². The highest BCUT2D eigenvalue weighted by atomic mass is 127. The summed E-state index contributed by atoms with van der Waals surface area (Å²) in [5.41, 5.74) is 0.525. The fourth-order valence-electron chi connectivity index (χ4n) is 4.17.